The van der Waals surface area contributed by atoms with Gasteiger partial charge in [-0.05, 0) is 104 Å². The van der Waals surface area contributed by atoms with Crippen LogP contribution in [0.15, 0.2) is 11.8 Å². The van der Waals surface area contributed by atoms with E-state index in [0.717, 1.165) is 64.2 Å². The highest BCUT2D eigenvalue weighted by molar-refractivity contribution is 7.95. The fourth-order valence-corrected chi connectivity index (χ4v) is 11.4. The Morgan fingerprint density at radius 2 is 1.64 bits per heavy atom. The zero-order valence-corrected chi connectivity index (χ0v) is 23.5. The minimum absolute atomic E-state index is 0.0124. The highest BCUT2D eigenvalue weighted by Gasteiger charge is 2.70. The Morgan fingerprint density at radius 3 is 2.31 bits per heavy atom. The van der Waals surface area contributed by atoms with Crippen molar-refractivity contribution in [1.82, 2.24) is 0 Å². The van der Waals surface area contributed by atoms with Gasteiger partial charge in [-0.3, -0.25) is 4.79 Å². The van der Waals surface area contributed by atoms with Crippen LogP contribution in [-0.2, 0) is 13.7 Å². The minimum atomic E-state index is -4.41. The van der Waals surface area contributed by atoms with Gasteiger partial charge >= 0.3 is 11.5 Å². The smallest absolute Gasteiger partial charge is 0.469 e. The van der Waals surface area contributed by atoms with Gasteiger partial charge in [-0.15, -0.1) is 0 Å². The summed E-state index contributed by atoms with van der Waals surface area (Å²) in [6, 6.07) is 0. The van der Waals surface area contributed by atoms with Crippen molar-refractivity contribution in [2.24, 2.45) is 50.7 Å². The molecular formula is C29H43F3O3S. The summed E-state index contributed by atoms with van der Waals surface area (Å²) in [5, 5.41) is 0. The summed E-state index contributed by atoms with van der Waals surface area (Å²) in [6.45, 7) is 11.6. The molecule has 5 rings (SSSR count). The number of ether oxygens (including phenoxy) is 1. The van der Waals surface area contributed by atoms with E-state index in [1.54, 1.807) is 7.11 Å². The Labute approximate surface area is 218 Å². The highest BCUT2D eigenvalue weighted by Crippen LogP contribution is 2.76. The van der Waals surface area contributed by atoms with E-state index in [1.807, 2.05) is 6.08 Å². The van der Waals surface area contributed by atoms with Gasteiger partial charge in [0.2, 0.25) is 0 Å². The van der Waals surface area contributed by atoms with Gasteiger partial charge in [0.25, 0.3) is 0 Å². The maximum Gasteiger partial charge on any atom is 0.479 e. The van der Waals surface area contributed by atoms with Crippen LogP contribution in [0.25, 0.3) is 0 Å². The molecule has 4 saturated carbocycles. The lowest BCUT2D eigenvalue weighted by atomic mass is 9.33. The molecular weight excluding hydrogens is 485 g/mol. The topological polar surface area (TPSA) is 35.5 Å². The van der Waals surface area contributed by atoms with Crippen molar-refractivity contribution in [3.63, 3.8) is 0 Å². The molecule has 0 amide bonds. The first-order chi connectivity index (χ1) is 16.7. The third-order valence-corrected chi connectivity index (χ3v) is 13.1. The number of hydrogen-bond donors (Lipinski definition) is 0. The molecule has 8 atom stereocenters. The van der Waals surface area contributed by atoms with Gasteiger partial charge in [0, 0.05) is 5.41 Å². The summed E-state index contributed by atoms with van der Waals surface area (Å²) in [6.07, 6.45) is 12.3. The van der Waals surface area contributed by atoms with E-state index in [1.165, 1.54) is 0 Å². The number of hydrogen-bond acceptors (Lipinski definition) is 4. The lowest BCUT2D eigenvalue weighted by molar-refractivity contribution is -0.228. The van der Waals surface area contributed by atoms with E-state index >= 15 is 0 Å². The summed E-state index contributed by atoms with van der Waals surface area (Å²) in [5.74, 6) is 2.23. The van der Waals surface area contributed by atoms with Crippen LogP contribution in [0, 0.1) is 50.7 Å². The number of rotatable bonds is 3. The molecule has 7 unspecified atom stereocenters. The number of alkyl halides is 3. The first-order valence-corrected chi connectivity index (χ1v) is 14.6. The van der Waals surface area contributed by atoms with E-state index in [9.17, 15) is 18.0 Å². The zero-order valence-electron chi connectivity index (χ0n) is 22.7. The molecule has 4 fully saturated rings. The van der Waals surface area contributed by atoms with Gasteiger partial charge in [0.1, 0.15) is 5.76 Å². The van der Waals surface area contributed by atoms with Crippen LogP contribution in [-0.4, -0.2) is 18.6 Å². The van der Waals surface area contributed by atoms with Crippen LogP contribution in [0.2, 0.25) is 0 Å². The third kappa shape index (κ3) is 3.49. The molecule has 3 nitrogen and oxygen atoms in total. The second kappa shape index (κ2) is 8.32. The quantitative estimate of drug-likeness (QED) is 0.271. The van der Waals surface area contributed by atoms with Crippen molar-refractivity contribution in [1.29, 1.82) is 0 Å². The fraction of sp³-hybridized carbons (Fsp3) is 0.897. The second-order valence-corrected chi connectivity index (χ2v) is 14.7. The summed E-state index contributed by atoms with van der Waals surface area (Å²) < 4.78 is 49.4. The standard InChI is InChI=1S/C29H43F3O3S/c1-24(2)20-11-15-27(5)21(25(20,3)14-12-22(24)35-36-29(30,31)32)10-9-18-19-8-7-13-28(19,23(33)34-6)17-16-26(18,27)4/h12,18-21H,7-11,13-17H2,1-6H3/t18?,19?,20?,21?,25?,26-,27?,28?/m1/s1. The summed E-state index contributed by atoms with van der Waals surface area (Å²) >= 11 is -0.377. The molecule has 0 aromatic rings. The summed E-state index contributed by atoms with van der Waals surface area (Å²) in [7, 11) is 1.55. The van der Waals surface area contributed by atoms with Gasteiger partial charge in [0.05, 0.1) is 12.5 Å². The molecule has 0 saturated heterocycles. The predicted molar refractivity (Wildman–Crippen MR) is 135 cm³/mol. The lowest BCUT2D eigenvalue weighted by Gasteiger charge is -2.71. The maximum atomic E-state index is 13.1. The first-order valence-electron chi connectivity index (χ1n) is 13.9. The summed E-state index contributed by atoms with van der Waals surface area (Å²) in [5.41, 5.74) is -4.81. The molecule has 0 aliphatic heterocycles. The average molecular weight is 529 g/mol. The van der Waals surface area contributed by atoms with Crippen molar-refractivity contribution in [2.45, 2.75) is 104 Å². The molecule has 0 radical (unpaired) electrons. The lowest BCUT2D eigenvalue weighted by Crippen LogP contribution is -2.65. The molecule has 0 aromatic heterocycles. The minimum Gasteiger partial charge on any atom is -0.469 e. The average Bonchev–Trinajstić information content (AvgIpc) is 3.23. The third-order valence-electron chi connectivity index (χ3n) is 12.7. The van der Waals surface area contributed by atoms with Gasteiger partial charge in [-0.25, -0.2) is 0 Å². The SMILES string of the molecule is COC(=O)C12CCCC1C1CCC3C4(C)CC=C(OSC(F)(F)F)C(C)(C)C4CCC3(C)[C@]1(C)CC2. The largest absolute Gasteiger partial charge is 0.479 e. The number of halogens is 3. The van der Waals surface area contributed by atoms with E-state index < -0.39 is 10.9 Å². The molecule has 0 N–H and O–H groups in total. The van der Waals surface area contributed by atoms with Crippen molar-refractivity contribution in [2.75, 3.05) is 7.11 Å². The van der Waals surface area contributed by atoms with Crippen molar-refractivity contribution in [3.05, 3.63) is 11.8 Å². The van der Waals surface area contributed by atoms with Gasteiger partial charge in [-0.1, -0.05) is 41.0 Å². The molecule has 7 heteroatoms. The molecule has 36 heavy (non-hydrogen) atoms. The molecule has 0 heterocycles. The molecule has 5 aliphatic carbocycles. The van der Waals surface area contributed by atoms with Crippen LogP contribution in [0.4, 0.5) is 13.2 Å². The highest BCUT2D eigenvalue weighted by atomic mass is 32.2. The molecule has 5 aliphatic rings. The Balaban J connectivity index is 1.47. The Hall–Kier alpha value is -0.850. The van der Waals surface area contributed by atoms with E-state index in [0.29, 0.717) is 23.5 Å². The second-order valence-electron chi connectivity index (χ2n) is 13.9. The number of esters is 1. The van der Waals surface area contributed by atoms with Crippen LogP contribution in [0.3, 0.4) is 0 Å². The normalized spacial score (nSPS) is 47.5. The predicted octanol–water partition coefficient (Wildman–Crippen LogP) is 8.69. The van der Waals surface area contributed by atoms with Crippen molar-refractivity contribution in [3.8, 4) is 0 Å². The molecule has 0 spiro atoms. The first kappa shape index (κ1) is 26.7. The molecule has 204 valence electrons. The van der Waals surface area contributed by atoms with Crippen LogP contribution in [0.1, 0.15) is 98.8 Å². The van der Waals surface area contributed by atoms with Crippen molar-refractivity contribution >= 4 is 18.0 Å². The number of allylic oxidation sites excluding steroid dienone is 2. The van der Waals surface area contributed by atoms with Gasteiger partial charge < -0.3 is 8.92 Å². The summed E-state index contributed by atoms with van der Waals surface area (Å²) in [4.78, 5) is 13.1. The fourth-order valence-electron chi connectivity index (χ4n) is 10.9. The van der Waals surface area contributed by atoms with E-state index in [2.05, 4.69) is 34.6 Å². The van der Waals surface area contributed by atoms with Gasteiger partial charge in [-0.2, -0.15) is 13.2 Å². The van der Waals surface area contributed by atoms with Crippen LogP contribution < -0.4 is 0 Å². The van der Waals surface area contributed by atoms with E-state index in [-0.39, 0.29) is 45.6 Å². The Kier molecular flexibility index (Phi) is 6.18. The van der Waals surface area contributed by atoms with Crippen LogP contribution in [0.5, 0.6) is 0 Å². The molecule has 0 aromatic carbocycles. The Morgan fingerprint density at radius 1 is 0.917 bits per heavy atom. The number of carbonyl (C=O) groups excluding carboxylic acids is 1. The number of methoxy groups -OCH3 is 1. The monoisotopic (exact) mass is 528 g/mol. The van der Waals surface area contributed by atoms with Crippen molar-refractivity contribution < 1.29 is 26.9 Å². The number of fused-ring (bicyclic) bond motifs is 7. The van der Waals surface area contributed by atoms with Gasteiger partial charge in [0.15, 0.2) is 12.0 Å². The van der Waals surface area contributed by atoms with E-state index in [4.69, 9.17) is 8.92 Å². The Bertz CT molecular complexity index is 947. The van der Waals surface area contributed by atoms with Crippen LogP contribution >= 0.6 is 12.0 Å². The number of carbonyl (C=O) groups is 1. The molecule has 0 bridgehead atoms. The maximum absolute atomic E-state index is 13.1. The zero-order chi connectivity index (χ0) is 26.4.